The van der Waals surface area contributed by atoms with E-state index in [0.29, 0.717) is 5.11 Å². The Bertz CT molecular complexity index is 806. The molecule has 0 amide bonds. The van der Waals surface area contributed by atoms with E-state index in [1.165, 1.54) is 10.5 Å². The van der Waals surface area contributed by atoms with Crippen LogP contribution < -0.4 is 10.6 Å². The van der Waals surface area contributed by atoms with Gasteiger partial charge in [-0.25, -0.2) is 4.98 Å². The Labute approximate surface area is 164 Å². The van der Waals surface area contributed by atoms with Crippen molar-refractivity contribution in [1.29, 1.82) is 0 Å². The van der Waals surface area contributed by atoms with Crippen molar-refractivity contribution in [3.63, 3.8) is 0 Å². The van der Waals surface area contributed by atoms with Crippen LogP contribution >= 0.6 is 24.0 Å². The number of thiocarbonyl (C=S) groups is 1. The zero-order chi connectivity index (χ0) is 18.0. The molecule has 26 heavy (non-hydrogen) atoms. The van der Waals surface area contributed by atoms with E-state index >= 15 is 0 Å². The van der Waals surface area contributed by atoms with E-state index in [-0.39, 0.29) is 0 Å². The van der Waals surface area contributed by atoms with Crippen LogP contribution in [0, 0.1) is 0 Å². The highest BCUT2D eigenvalue weighted by Gasteiger charge is 2.01. The molecule has 0 aliphatic rings. The molecule has 5 heteroatoms. The Hall–Kier alpha value is -2.37. The van der Waals surface area contributed by atoms with Crippen molar-refractivity contribution >= 4 is 34.8 Å². The lowest BCUT2D eigenvalue weighted by molar-refractivity contribution is 0.777. The van der Waals surface area contributed by atoms with E-state index in [2.05, 4.69) is 52.0 Å². The Morgan fingerprint density at radius 1 is 0.923 bits per heavy atom. The van der Waals surface area contributed by atoms with Crippen molar-refractivity contribution in [2.24, 2.45) is 0 Å². The van der Waals surface area contributed by atoms with Gasteiger partial charge < -0.3 is 10.6 Å². The van der Waals surface area contributed by atoms with Crippen LogP contribution in [-0.2, 0) is 6.42 Å². The molecule has 1 heterocycles. The summed E-state index contributed by atoms with van der Waals surface area (Å²) in [6.07, 6.45) is 3.89. The predicted octanol–water partition coefficient (Wildman–Crippen LogP) is 5.15. The number of nitrogens with one attached hydrogen (secondary N) is 2. The zero-order valence-electron chi connectivity index (χ0n) is 14.4. The minimum absolute atomic E-state index is 0.628. The van der Waals surface area contributed by atoms with Gasteiger partial charge in [0.25, 0.3) is 0 Å². The first-order chi connectivity index (χ1) is 12.8. The van der Waals surface area contributed by atoms with Crippen molar-refractivity contribution < 1.29 is 0 Å². The number of nitrogens with zero attached hydrogens (tertiary/aromatic N) is 1. The average molecular weight is 380 g/mol. The Morgan fingerprint density at radius 2 is 1.65 bits per heavy atom. The van der Waals surface area contributed by atoms with Gasteiger partial charge in [0, 0.05) is 11.4 Å². The average Bonchev–Trinajstić information content (AvgIpc) is 2.68. The summed E-state index contributed by atoms with van der Waals surface area (Å²) in [5, 5.41) is 8.01. The van der Waals surface area contributed by atoms with Crippen LogP contribution in [0.2, 0.25) is 0 Å². The summed E-state index contributed by atoms with van der Waals surface area (Å²) in [5.74, 6) is 0. The molecule has 3 nitrogen and oxygen atoms in total. The molecule has 0 atom stereocenters. The first-order valence-electron chi connectivity index (χ1n) is 8.57. The fourth-order valence-corrected chi connectivity index (χ4v) is 3.43. The van der Waals surface area contributed by atoms with Gasteiger partial charge in [-0.1, -0.05) is 60.3 Å². The normalized spacial score (nSPS) is 10.3. The lowest BCUT2D eigenvalue weighted by Gasteiger charge is -2.10. The third kappa shape index (κ3) is 6.17. The van der Waals surface area contributed by atoms with Crippen LogP contribution in [0.25, 0.3) is 0 Å². The van der Waals surface area contributed by atoms with Crippen molar-refractivity contribution in [3.05, 3.63) is 84.6 Å². The van der Waals surface area contributed by atoms with Crippen molar-refractivity contribution in [2.45, 2.75) is 22.8 Å². The molecule has 0 saturated heterocycles. The first kappa shape index (κ1) is 18.4. The molecular weight excluding hydrogens is 358 g/mol. The van der Waals surface area contributed by atoms with Crippen LogP contribution in [0.4, 0.5) is 5.69 Å². The number of anilines is 1. The molecule has 2 aromatic carbocycles. The van der Waals surface area contributed by atoms with E-state index < -0.39 is 0 Å². The van der Waals surface area contributed by atoms with E-state index in [4.69, 9.17) is 12.2 Å². The molecule has 0 saturated carbocycles. The Morgan fingerprint density at radius 3 is 2.35 bits per heavy atom. The number of aromatic nitrogens is 1. The summed E-state index contributed by atoms with van der Waals surface area (Å²) < 4.78 is 0. The van der Waals surface area contributed by atoms with Crippen molar-refractivity contribution in [1.82, 2.24) is 10.3 Å². The molecule has 0 unspecified atom stereocenters. The third-order valence-electron chi connectivity index (χ3n) is 3.73. The van der Waals surface area contributed by atoms with E-state index in [1.807, 2.05) is 42.6 Å². The lowest BCUT2D eigenvalue weighted by Crippen LogP contribution is -2.29. The van der Waals surface area contributed by atoms with Crippen LogP contribution in [0.3, 0.4) is 0 Å². The van der Waals surface area contributed by atoms with Gasteiger partial charge >= 0.3 is 0 Å². The smallest absolute Gasteiger partial charge is 0.170 e. The van der Waals surface area contributed by atoms with Crippen LogP contribution in [0.15, 0.2) is 88.9 Å². The summed E-state index contributed by atoms with van der Waals surface area (Å²) in [7, 11) is 0. The molecule has 132 valence electrons. The third-order valence-corrected chi connectivity index (χ3v) is 4.94. The first-order valence-corrected chi connectivity index (χ1v) is 9.80. The van der Waals surface area contributed by atoms with E-state index in [0.717, 1.165) is 30.1 Å². The number of aryl methyl sites for hydroxylation is 1. The molecule has 2 N–H and O–H groups in total. The van der Waals surface area contributed by atoms with Crippen LogP contribution in [0.5, 0.6) is 0 Å². The fraction of sp³-hybridized carbons (Fsp3) is 0.143. The van der Waals surface area contributed by atoms with Crippen LogP contribution in [-0.4, -0.2) is 16.6 Å². The van der Waals surface area contributed by atoms with E-state index in [9.17, 15) is 0 Å². The van der Waals surface area contributed by atoms with Gasteiger partial charge in [-0.2, -0.15) is 0 Å². The Balaban J connectivity index is 1.40. The maximum atomic E-state index is 5.35. The molecule has 0 radical (unpaired) electrons. The number of hydrogen-bond donors (Lipinski definition) is 2. The predicted molar refractivity (Wildman–Crippen MR) is 114 cm³/mol. The van der Waals surface area contributed by atoms with Gasteiger partial charge in [-0.3, -0.25) is 0 Å². The highest BCUT2D eigenvalue weighted by atomic mass is 32.2. The number of benzene rings is 2. The molecule has 3 aromatic rings. The number of pyridine rings is 1. The second-order valence-electron chi connectivity index (χ2n) is 5.77. The van der Waals surface area contributed by atoms with Gasteiger partial charge in [0.2, 0.25) is 0 Å². The zero-order valence-corrected chi connectivity index (χ0v) is 16.0. The number of rotatable bonds is 7. The summed E-state index contributed by atoms with van der Waals surface area (Å²) in [4.78, 5) is 5.65. The van der Waals surface area contributed by atoms with Gasteiger partial charge in [0.05, 0.1) is 11.9 Å². The fourth-order valence-electron chi connectivity index (χ4n) is 2.44. The maximum absolute atomic E-state index is 5.35. The van der Waals surface area contributed by atoms with E-state index in [1.54, 1.807) is 11.8 Å². The summed E-state index contributed by atoms with van der Waals surface area (Å²) in [6, 6.07) is 24.7. The molecular formula is C21H21N3S2. The quantitative estimate of drug-likeness (QED) is 0.438. The highest BCUT2D eigenvalue weighted by molar-refractivity contribution is 7.99. The van der Waals surface area contributed by atoms with Gasteiger partial charge in [-0.05, 0) is 54.9 Å². The summed E-state index contributed by atoms with van der Waals surface area (Å²) in [6.45, 7) is 0.843. The van der Waals surface area contributed by atoms with Gasteiger partial charge in [-0.15, -0.1) is 0 Å². The molecule has 0 bridgehead atoms. The second kappa shape index (κ2) is 9.94. The number of hydrogen-bond acceptors (Lipinski definition) is 3. The topological polar surface area (TPSA) is 37.0 Å². The standard InChI is InChI=1S/C21H21N3S2/c25-21(22-15-7-10-17-8-3-1-4-9-17)24-18-13-14-20(23-16-18)26-19-11-5-2-6-12-19/h1-6,8-9,11-14,16H,7,10,15H2,(H2,22,24,25). The minimum atomic E-state index is 0.628. The SMILES string of the molecule is S=C(NCCCc1ccccc1)Nc1ccc(Sc2ccccc2)nc1. The lowest BCUT2D eigenvalue weighted by atomic mass is 10.1. The molecule has 0 aliphatic heterocycles. The molecule has 0 spiro atoms. The summed E-state index contributed by atoms with van der Waals surface area (Å²) >= 11 is 6.99. The molecule has 1 aromatic heterocycles. The van der Waals surface area contributed by atoms with Crippen molar-refractivity contribution in [2.75, 3.05) is 11.9 Å². The summed E-state index contributed by atoms with van der Waals surface area (Å²) in [5.41, 5.74) is 2.24. The monoisotopic (exact) mass is 379 g/mol. The molecule has 0 aliphatic carbocycles. The van der Waals surface area contributed by atoms with Gasteiger partial charge in [0.1, 0.15) is 5.03 Å². The minimum Gasteiger partial charge on any atom is -0.362 e. The van der Waals surface area contributed by atoms with Crippen LogP contribution in [0.1, 0.15) is 12.0 Å². The highest BCUT2D eigenvalue weighted by Crippen LogP contribution is 2.25. The molecule has 0 fully saturated rings. The van der Waals surface area contributed by atoms with Crippen molar-refractivity contribution in [3.8, 4) is 0 Å². The van der Waals surface area contributed by atoms with Gasteiger partial charge in [0.15, 0.2) is 5.11 Å². The molecule has 3 rings (SSSR count). The Kier molecular flexibility index (Phi) is 7.05. The largest absolute Gasteiger partial charge is 0.362 e. The maximum Gasteiger partial charge on any atom is 0.170 e. The second-order valence-corrected chi connectivity index (χ2v) is 7.27.